The molecule has 6 rings (SSSR count). The standard InChI is InChI=1S/C32H29NO2/c1-20-12-14-23(15-13-20)30-31-26(16-24(18-28(31)34)21-8-4-2-5-9-21)33-27-17-25(19-29(35)32(27)30)22-10-6-3-7-11-22/h2-15,24-25,30,33H,16-19H2,1H3. The maximum Gasteiger partial charge on any atom is 0.162 e. The van der Waals surface area contributed by atoms with Crippen LogP contribution in [0, 0.1) is 6.92 Å². The highest BCUT2D eigenvalue weighted by Crippen LogP contribution is 2.49. The van der Waals surface area contributed by atoms with Gasteiger partial charge >= 0.3 is 0 Å². The first-order valence-corrected chi connectivity index (χ1v) is 12.5. The zero-order chi connectivity index (χ0) is 23.9. The van der Waals surface area contributed by atoms with E-state index in [0.29, 0.717) is 12.8 Å². The number of hydrogen-bond donors (Lipinski definition) is 1. The maximum absolute atomic E-state index is 13.7. The highest BCUT2D eigenvalue weighted by atomic mass is 16.1. The van der Waals surface area contributed by atoms with E-state index in [1.807, 2.05) is 36.4 Å². The fraction of sp³-hybridized carbons (Fsp3) is 0.250. The predicted molar refractivity (Wildman–Crippen MR) is 138 cm³/mol. The average Bonchev–Trinajstić information content (AvgIpc) is 2.89. The van der Waals surface area contributed by atoms with Gasteiger partial charge in [-0.15, -0.1) is 0 Å². The van der Waals surface area contributed by atoms with Crippen molar-refractivity contribution < 1.29 is 9.59 Å². The lowest BCUT2D eigenvalue weighted by atomic mass is 9.67. The van der Waals surface area contributed by atoms with Gasteiger partial charge in [0.15, 0.2) is 11.6 Å². The van der Waals surface area contributed by atoms with Gasteiger partial charge in [-0.2, -0.15) is 0 Å². The number of hydrogen-bond acceptors (Lipinski definition) is 3. The van der Waals surface area contributed by atoms with Crippen LogP contribution in [-0.4, -0.2) is 11.6 Å². The molecule has 3 aliphatic rings. The van der Waals surface area contributed by atoms with Crippen LogP contribution in [0.15, 0.2) is 107 Å². The lowest BCUT2D eigenvalue weighted by molar-refractivity contribution is -0.117. The number of benzene rings is 3. The Kier molecular flexibility index (Phi) is 5.49. The molecule has 0 fully saturated rings. The van der Waals surface area contributed by atoms with Crippen molar-refractivity contribution in [1.29, 1.82) is 0 Å². The second-order valence-corrected chi connectivity index (χ2v) is 10.1. The summed E-state index contributed by atoms with van der Waals surface area (Å²) in [5.41, 5.74) is 8.20. The highest BCUT2D eigenvalue weighted by molar-refractivity contribution is 6.07. The van der Waals surface area contributed by atoms with E-state index < -0.39 is 0 Å². The van der Waals surface area contributed by atoms with Gasteiger partial charge in [0.2, 0.25) is 0 Å². The Balaban J connectivity index is 1.44. The maximum atomic E-state index is 13.7. The number of nitrogens with one attached hydrogen (secondary N) is 1. The summed E-state index contributed by atoms with van der Waals surface area (Å²) in [6.07, 6.45) is 2.54. The number of rotatable bonds is 3. The summed E-state index contributed by atoms with van der Waals surface area (Å²) in [5, 5.41) is 3.65. The molecule has 174 valence electrons. The van der Waals surface area contributed by atoms with Crippen LogP contribution in [0.3, 0.4) is 0 Å². The van der Waals surface area contributed by atoms with Gasteiger partial charge in [0.1, 0.15) is 0 Å². The molecule has 3 heteroatoms. The number of Topliss-reactive ketones (excluding diaryl/α,β-unsaturated/α-hetero) is 2. The second-order valence-electron chi connectivity index (χ2n) is 10.1. The molecule has 2 aliphatic carbocycles. The van der Waals surface area contributed by atoms with Crippen molar-refractivity contribution in [2.24, 2.45) is 0 Å². The predicted octanol–water partition coefficient (Wildman–Crippen LogP) is 6.48. The van der Waals surface area contributed by atoms with Crippen molar-refractivity contribution >= 4 is 11.6 Å². The Hall–Kier alpha value is -3.72. The molecular formula is C32H29NO2. The largest absolute Gasteiger partial charge is 0.362 e. The summed E-state index contributed by atoms with van der Waals surface area (Å²) in [6, 6.07) is 29.0. The molecular weight excluding hydrogens is 430 g/mol. The van der Waals surface area contributed by atoms with E-state index in [2.05, 4.69) is 60.8 Å². The van der Waals surface area contributed by atoms with E-state index in [0.717, 1.165) is 40.9 Å². The van der Waals surface area contributed by atoms with Crippen LogP contribution in [0.4, 0.5) is 0 Å². The Labute approximate surface area is 206 Å². The minimum atomic E-state index is -0.282. The molecule has 0 amide bonds. The van der Waals surface area contributed by atoms with Crippen LogP contribution >= 0.6 is 0 Å². The molecule has 0 radical (unpaired) electrons. The lowest BCUT2D eigenvalue weighted by Crippen LogP contribution is -2.38. The van der Waals surface area contributed by atoms with E-state index in [4.69, 9.17) is 0 Å². The molecule has 2 atom stereocenters. The monoisotopic (exact) mass is 459 g/mol. The first-order valence-electron chi connectivity index (χ1n) is 12.5. The molecule has 3 nitrogen and oxygen atoms in total. The van der Waals surface area contributed by atoms with Crippen LogP contribution in [0.5, 0.6) is 0 Å². The van der Waals surface area contributed by atoms with Gasteiger partial charge in [-0.1, -0.05) is 90.5 Å². The van der Waals surface area contributed by atoms with Gasteiger partial charge in [0.05, 0.1) is 0 Å². The molecule has 0 saturated carbocycles. The van der Waals surface area contributed by atoms with Crippen molar-refractivity contribution in [2.75, 3.05) is 0 Å². The molecule has 1 heterocycles. The quantitative estimate of drug-likeness (QED) is 0.487. The molecule has 0 bridgehead atoms. The van der Waals surface area contributed by atoms with Crippen LogP contribution in [0.25, 0.3) is 0 Å². The van der Waals surface area contributed by atoms with Crippen LogP contribution in [0.1, 0.15) is 65.7 Å². The molecule has 0 saturated heterocycles. The molecule has 3 aromatic carbocycles. The van der Waals surface area contributed by atoms with Gasteiger partial charge in [-0.3, -0.25) is 9.59 Å². The third-order valence-corrected chi connectivity index (χ3v) is 7.85. The molecule has 1 N–H and O–H groups in total. The number of carbonyl (C=O) groups is 2. The Morgan fingerprint density at radius 3 is 1.49 bits per heavy atom. The Morgan fingerprint density at radius 2 is 1.03 bits per heavy atom. The van der Waals surface area contributed by atoms with Crippen molar-refractivity contribution in [3.8, 4) is 0 Å². The fourth-order valence-electron chi connectivity index (χ4n) is 6.11. The zero-order valence-electron chi connectivity index (χ0n) is 20.0. The number of ketones is 2. The first-order chi connectivity index (χ1) is 17.1. The SMILES string of the molecule is Cc1ccc(C2C3=C(CC(c4ccccc4)CC3=O)NC3=C2C(=O)CC(c2ccccc2)C3)cc1. The van der Waals surface area contributed by atoms with Gasteiger partial charge in [0, 0.05) is 41.3 Å². The molecule has 1 aliphatic heterocycles. The summed E-state index contributed by atoms with van der Waals surface area (Å²) in [6.45, 7) is 2.06. The number of aryl methyl sites for hydroxylation is 1. The minimum absolute atomic E-state index is 0.153. The molecule has 35 heavy (non-hydrogen) atoms. The third kappa shape index (κ3) is 3.95. The topological polar surface area (TPSA) is 46.2 Å². The smallest absolute Gasteiger partial charge is 0.162 e. The van der Waals surface area contributed by atoms with Gasteiger partial charge in [-0.05, 0) is 48.3 Å². The third-order valence-electron chi connectivity index (χ3n) is 7.85. The summed E-state index contributed by atoms with van der Waals surface area (Å²) >= 11 is 0. The Morgan fingerprint density at radius 1 is 0.571 bits per heavy atom. The van der Waals surface area contributed by atoms with E-state index in [-0.39, 0.29) is 29.3 Å². The normalized spacial score (nSPS) is 24.1. The van der Waals surface area contributed by atoms with Gasteiger partial charge in [0.25, 0.3) is 0 Å². The summed E-state index contributed by atoms with van der Waals surface area (Å²) in [4.78, 5) is 27.4. The van der Waals surface area contributed by atoms with Gasteiger partial charge < -0.3 is 5.32 Å². The van der Waals surface area contributed by atoms with Crippen LogP contribution in [-0.2, 0) is 9.59 Å². The number of dihydropyridines is 1. The van der Waals surface area contributed by atoms with E-state index in [9.17, 15) is 9.59 Å². The van der Waals surface area contributed by atoms with Crippen molar-refractivity contribution in [3.05, 3.63) is 130 Å². The average molecular weight is 460 g/mol. The van der Waals surface area contributed by atoms with E-state index in [1.54, 1.807) is 0 Å². The summed E-state index contributed by atoms with van der Waals surface area (Å²) in [5.74, 6) is 0.334. The molecule has 0 aromatic heterocycles. The van der Waals surface area contributed by atoms with E-state index in [1.165, 1.54) is 16.7 Å². The summed E-state index contributed by atoms with van der Waals surface area (Å²) < 4.78 is 0. The minimum Gasteiger partial charge on any atom is -0.362 e. The fourth-order valence-corrected chi connectivity index (χ4v) is 6.11. The molecule has 0 spiro atoms. The van der Waals surface area contributed by atoms with Gasteiger partial charge in [-0.25, -0.2) is 0 Å². The van der Waals surface area contributed by atoms with Crippen molar-refractivity contribution in [1.82, 2.24) is 5.32 Å². The second kappa shape index (κ2) is 8.81. The number of carbonyl (C=O) groups excluding carboxylic acids is 2. The van der Waals surface area contributed by atoms with Crippen molar-refractivity contribution in [3.63, 3.8) is 0 Å². The molecule has 2 unspecified atom stereocenters. The van der Waals surface area contributed by atoms with E-state index >= 15 is 0 Å². The molecule has 3 aromatic rings. The van der Waals surface area contributed by atoms with Crippen molar-refractivity contribution in [2.45, 2.75) is 50.4 Å². The zero-order valence-corrected chi connectivity index (χ0v) is 20.0. The highest BCUT2D eigenvalue weighted by Gasteiger charge is 2.43. The first kappa shape index (κ1) is 21.8. The number of allylic oxidation sites excluding steroid dienone is 4. The lowest BCUT2D eigenvalue weighted by Gasteiger charge is -2.40. The van der Waals surface area contributed by atoms with Crippen LogP contribution < -0.4 is 5.32 Å². The van der Waals surface area contributed by atoms with Crippen LogP contribution in [0.2, 0.25) is 0 Å². The Bertz CT molecular complexity index is 1270. The summed E-state index contributed by atoms with van der Waals surface area (Å²) in [7, 11) is 0.